The fourth-order valence-corrected chi connectivity index (χ4v) is 3.21. The zero-order valence-corrected chi connectivity index (χ0v) is 14.9. The van der Waals surface area contributed by atoms with Crippen LogP contribution >= 0.6 is 0 Å². The molecule has 0 fully saturated rings. The molecule has 2 aromatic carbocycles. The number of unbranched alkanes of at least 4 members (excludes halogenated alkanes) is 4. The Morgan fingerprint density at radius 1 is 0.808 bits per heavy atom. The second kappa shape index (κ2) is 9.70. The van der Waals surface area contributed by atoms with Gasteiger partial charge in [0.1, 0.15) is 5.92 Å². The van der Waals surface area contributed by atoms with Gasteiger partial charge in [0, 0.05) is 12.0 Å². The molecule has 0 aliphatic heterocycles. The van der Waals surface area contributed by atoms with Gasteiger partial charge in [-0.25, -0.2) is 0 Å². The first kappa shape index (κ1) is 19.6. The zero-order chi connectivity index (χ0) is 18.9. The summed E-state index contributed by atoms with van der Waals surface area (Å²) < 4.78 is 0. The van der Waals surface area contributed by atoms with Crippen molar-refractivity contribution in [3.8, 4) is 0 Å². The Balaban J connectivity index is 1.95. The van der Waals surface area contributed by atoms with Crippen LogP contribution in [0.15, 0.2) is 42.5 Å². The maximum atomic E-state index is 12.9. The van der Waals surface area contributed by atoms with Crippen LogP contribution in [0.5, 0.6) is 0 Å². The average Bonchev–Trinajstić information content (AvgIpc) is 2.62. The lowest BCUT2D eigenvalue weighted by Crippen LogP contribution is -2.30. The molecule has 0 aliphatic rings. The van der Waals surface area contributed by atoms with E-state index in [9.17, 15) is 14.4 Å². The van der Waals surface area contributed by atoms with Crippen molar-refractivity contribution in [2.75, 3.05) is 0 Å². The third kappa shape index (κ3) is 5.41. The third-order valence-corrected chi connectivity index (χ3v) is 4.63. The van der Waals surface area contributed by atoms with Gasteiger partial charge in [0.05, 0.1) is 0 Å². The Bertz CT molecular complexity index is 780. The van der Waals surface area contributed by atoms with Crippen molar-refractivity contribution in [2.24, 2.45) is 17.4 Å². The maximum absolute atomic E-state index is 12.9. The van der Waals surface area contributed by atoms with Gasteiger partial charge in [-0.3, -0.25) is 14.4 Å². The van der Waals surface area contributed by atoms with E-state index in [1.807, 2.05) is 36.4 Å². The summed E-state index contributed by atoms with van der Waals surface area (Å²) in [7, 11) is 0. The van der Waals surface area contributed by atoms with Gasteiger partial charge in [-0.15, -0.1) is 0 Å². The van der Waals surface area contributed by atoms with Crippen LogP contribution in [0.2, 0.25) is 0 Å². The monoisotopic (exact) mass is 354 g/mol. The Labute approximate surface area is 153 Å². The molecule has 2 rings (SSSR count). The van der Waals surface area contributed by atoms with Crippen molar-refractivity contribution in [2.45, 2.75) is 44.9 Å². The smallest absolute Gasteiger partial charge is 0.228 e. The fourth-order valence-electron chi connectivity index (χ4n) is 3.21. The minimum atomic E-state index is -0.800. The highest BCUT2D eigenvalue weighted by Gasteiger charge is 2.26. The van der Waals surface area contributed by atoms with Crippen LogP contribution in [0.4, 0.5) is 0 Å². The molecule has 26 heavy (non-hydrogen) atoms. The van der Waals surface area contributed by atoms with Gasteiger partial charge in [0.15, 0.2) is 5.78 Å². The average molecular weight is 354 g/mol. The van der Waals surface area contributed by atoms with Crippen molar-refractivity contribution in [1.29, 1.82) is 0 Å². The van der Waals surface area contributed by atoms with Gasteiger partial charge in [-0.1, -0.05) is 68.1 Å². The highest BCUT2D eigenvalue weighted by atomic mass is 16.2. The lowest BCUT2D eigenvalue weighted by atomic mass is 9.89. The van der Waals surface area contributed by atoms with E-state index in [2.05, 4.69) is 0 Å². The molecule has 0 radical (unpaired) electrons. The number of ketones is 1. The van der Waals surface area contributed by atoms with Crippen molar-refractivity contribution in [3.05, 3.63) is 48.0 Å². The van der Waals surface area contributed by atoms with E-state index in [4.69, 9.17) is 11.5 Å². The summed E-state index contributed by atoms with van der Waals surface area (Å²) in [5, 5.41) is 1.81. The van der Waals surface area contributed by atoms with Crippen LogP contribution in [-0.4, -0.2) is 17.6 Å². The first-order valence-corrected chi connectivity index (χ1v) is 9.10. The van der Waals surface area contributed by atoms with E-state index in [-0.39, 0.29) is 11.7 Å². The highest BCUT2D eigenvalue weighted by molar-refractivity contribution is 6.15. The largest absolute Gasteiger partial charge is 0.370 e. The molecular formula is C21H26N2O3. The normalized spacial score (nSPS) is 12.0. The van der Waals surface area contributed by atoms with Crippen molar-refractivity contribution in [1.82, 2.24) is 0 Å². The molecule has 0 saturated carbocycles. The fraction of sp³-hybridized carbons (Fsp3) is 0.381. The lowest BCUT2D eigenvalue weighted by Gasteiger charge is -2.14. The van der Waals surface area contributed by atoms with Gasteiger partial charge in [-0.05, 0) is 23.6 Å². The van der Waals surface area contributed by atoms with Crippen molar-refractivity contribution >= 4 is 28.4 Å². The number of Topliss-reactive ketones (excluding diaryl/α,β-unsaturated/α-hetero) is 1. The van der Waals surface area contributed by atoms with Crippen molar-refractivity contribution < 1.29 is 14.4 Å². The number of hydrogen-bond acceptors (Lipinski definition) is 3. The van der Waals surface area contributed by atoms with Crippen molar-refractivity contribution in [3.63, 3.8) is 0 Å². The maximum Gasteiger partial charge on any atom is 0.228 e. The van der Waals surface area contributed by atoms with Gasteiger partial charge < -0.3 is 11.5 Å². The molecular weight excluding hydrogens is 328 g/mol. The molecule has 0 saturated heterocycles. The molecule has 138 valence electrons. The molecule has 2 aromatic rings. The molecule has 5 nitrogen and oxygen atoms in total. The summed E-state index contributed by atoms with van der Waals surface area (Å²) in [6.07, 6.45) is 5.15. The first-order chi connectivity index (χ1) is 12.5. The summed E-state index contributed by atoms with van der Waals surface area (Å²) in [6, 6.07) is 13.1. The zero-order valence-electron chi connectivity index (χ0n) is 14.9. The van der Waals surface area contributed by atoms with Crippen LogP contribution in [0.25, 0.3) is 10.8 Å². The summed E-state index contributed by atoms with van der Waals surface area (Å²) >= 11 is 0. The van der Waals surface area contributed by atoms with Gasteiger partial charge >= 0.3 is 0 Å². The van der Waals surface area contributed by atoms with Crippen LogP contribution in [0.3, 0.4) is 0 Å². The molecule has 0 aliphatic carbocycles. The summed E-state index contributed by atoms with van der Waals surface area (Å²) in [4.78, 5) is 35.4. The number of hydrogen-bond donors (Lipinski definition) is 2. The SMILES string of the molecule is NC(=O)CCCCCCCC(C(N)=O)C(=O)c1cccc2ccccc12. The molecule has 0 spiro atoms. The van der Waals surface area contributed by atoms with E-state index in [0.717, 1.165) is 42.9 Å². The number of benzene rings is 2. The lowest BCUT2D eigenvalue weighted by molar-refractivity contribution is -0.120. The van der Waals surface area contributed by atoms with Gasteiger partial charge in [0.25, 0.3) is 0 Å². The summed E-state index contributed by atoms with van der Waals surface area (Å²) in [5.74, 6) is -1.86. The molecule has 0 bridgehead atoms. The third-order valence-electron chi connectivity index (χ3n) is 4.63. The van der Waals surface area contributed by atoms with E-state index in [0.29, 0.717) is 18.4 Å². The van der Waals surface area contributed by atoms with Crippen LogP contribution in [-0.2, 0) is 9.59 Å². The van der Waals surface area contributed by atoms with E-state index < -0.39 is 11.8 Å². The number of rotatable bonds is 11. The number of primary amides is 2. The molecule has 1 unspecified atom stereocenters. The van der Waals surface area contributed by atoms with Crippen LogP contribution < -0.4 is 11.5 Å². The quantitative estimate of drug-likeness (QED) is 0.367. The van der Waals surface area contributed by atoms with E-state index in [1.165, 1.54) is 0 Å². The number of amides is 2. The van der Waals surface area contributed by atoms with Crippen LogP contribution in [0.1, 0.15) is 55.3 Å². The number of fused-ring (bicyclic) bond motifs is 1. The van der Waals surface area contributed by atoms with Crippen LogP contribution in [0, 0.1) is 5.92 Å². The summed E-state index contributed by atoms with van der Waals surface area (Å²) in [6.45, 7) is 0. The topological polar surface area (TPSA) is 103 Å². The highest BCUT2D eigenvalue weighted by Crippen LogP contribution is 2.24. The predicted octanol–water partition coefficient (Wildman–Crippen LogP) is 3.34. The molecule has 1 atom stereocenters. The number of carbonyl (C=O) groups excluding carboxylic acids is 3. The number of nitrogens with two attached hydrogens (primary N) is 2. The molecule has 0 aromatic heterocycles. The van der Waals surface area contributed by atoms with Gasteiger partial charge in [0.2, 0.25) is 11.8 Å². The van der Waals surface area contributed by atoms with E-state index in [1.54, 1.807) is 6.07 Å². The Morgan fingerprint density at radius 2 is 1.46 bits per heavy atom. The standard InChI is InChI=1S/C21H26N2O3/c22-19(24)14-5-3-1-2-4-12-18(21(23)26)20(25)17-13-8-10-15-9-6-7-11-16(15)17/h6-11,13,18H,1-5,12,14H2,(H2,22,24)(H2,23,26). The molecule has 2 amide bonds. The minimum Gasteiger partial charge on any atom is -0.370 e. The minimum absolute atomic E-state index is 0.206. The van der Waals surface area contributed by atoms with Gasteiger partial charge in [-0.2, -0.15) is 0 Å². The molecule has 5 heteroatoms. The Kier molecular flexibility index (Phi) is 7.33. The Hall–Kier alpha value is -2.69. The second-order valence-electron chi connectivity index (χ2n) is 6.62. The van der Waals surface area contributed by atoms with E-state index >= 15 is 0 Å². The predicted molar refractivity (Wildman–Crippen MR) is 102 cm³/mol. The second-order valence-corrected chi connectivity index (χ2v) is 6.62. The first-order valence-electron chi connectivity index (χ1n) is 9.10. The molecule has 4 N–H and O–H groups in total. The molecule has 0 heterocycles. The Morgan fingerprint density at radius 3 is 2.19 bits per heavy atom. The summed E-state index contributed by atoms with van der Waals surface area (Å²) in [5.41, 5.74) is 11.2. The number of carbonyl (C=O) groups is 3.